The largest absolute Gasteiger partial charge is 0.490 e. The van der Waals surface area contributed by atoms with Crippen molar-refractivity contribution in [2.45, 2.75) is 46.8 Å². The van der Waals surface area contributed by atoms with Crippen LogP contribution in [0.5, 0.6) is 11.5 Å². The van der Waals surface area contributed by atoms with Crippen molar-refractivity contribution in [1.82, 2.24) is 9.88 Å². The summed E-state index contributed by atoms with van der Waals surface area (Å²) in [4.78, 5) is 7.75. The van der Waals surface area contributed by atoms with Gasteiger partial charge in [-0.05, 0) is 79.9 Å². The Morgan fingerprint density at radius 2 is 1.82 bits per heavy atom. The van der Waals surface area contributed by atoms with Gasteiger partial charge in [-0.15, -0.1) is 0 Å². The molecule has 170 valence electrons. The molecule has 4 heteroatoms. The Bertz CT molecular complexity index is 1310. The van der Waals surface area contributed by atoms with Gasteiger partial charge < -0.3 is 9.47 Å². The fraction of sp³-hybridized carbons (Fsp3) is 0.345. The molecule has 0 radical (unpaired) electrons. The van der Waals surface area contributed by atoms with Gasteiger partial charge in [0.15, 0.2) is 11.5 Å². The van der Waals surface area contributed by atoms with Gasteiger partial charge in [0.05, 0.1) is 23.9 Å². The van der Waals surface area contributed by atoms with Gasteiger partial charge in [0.25, 0.3) is 0 Å². The molecule has 33 heavy (non-hydrogen) atoms. The Labute approximate surface area is 196 Å². The molecule has 4 nitrogen and oxygen atoms in total. The SMILES string of the molecule is CCOc1cc(-c2nc3ccc4ccccc4c3c3c2CN(CC)CC3)ccc1OC(C)C. The highest BCUT2D eigenvalue weighted by molar-refractivity contribution is 6.09. The van der Waals surface area contributed by atoms with Crippen LogP contribution in [0, 0.1) is 0 Å². The van der Waals surface area contributed by atoms with E-state index in [4.69, 9.17) is 14.5 Å². The first-order chi connectivity index (χ1) is 16.1. The lowest BCUT2D eigenvalue weighted by Gasteiger charge is -2.30. The molecule has 0 saturated heterocycles. The Balaban J connectivity index is 1.75. The lowest BCUT2D eigenvalue weighted by Crippen LogP contribution is -2.31. The summed E-state index contributed by atoms with van der Waals surface area (Å²) in [6.07, 6.45) is 1.13. The first-order valence-electron chi connectivity index (χ1n) is 12.1. The molecule has 0 amide bonds. The summed E-state index contributed by atoms with van der Waals surface area (Å²) in [7, 11) is 0. The maximum Gasteiger partial charge on any atom is 0.161 e. The highest BCUT2D eigenvalue weighted by atomic mass is 16.5. The van der Waals surface area contributed by atoms with Crippen molar-refractivity contribution in [2.24, 2.45) is 0 Å². The van der Waals surface area contributed by atoms with Gasteiger partial charge in [0.2, 0.25) is 0 Å². The van der Waals surface area contributed by atoms with Crippen LogP contribution in [-0.2, 0) is 13.0 Å². The zero-order valence-corrected chi connectivity index (χ0v) is 20.0. The van der Waals surface area contributed by atoms with E-state index < -0.39 is 0 Å². The summed E-state index contributed by atoms with van der Waals surface area (Å²) in [5.74, 6) is 1.56. The molecule has 0 unspecified atom stereocenters. The van der Waals surface area contributed by atoms with E-state index in [1.807, 2.05) is 26.8 Å². The van der Waals surface area contributed by atoms with Gasteiger partial charge in [-0.2, -0.15) is 0 Å². The first kappa shape index (κ1) is 21.7. The van der Waals surface area contributed by atoms with E-state index in [0.29, 0.717) is 6.61 Å². The molecule has 0 fully saturated rings. The minimum Gasteiger partial charge on any atom is -0.490 e. The number of rotatable bonds is 6. The van der Waals surface area contributed by atoms with Gasteiger partial charge in [0.1, 0.15) is 0 Å². The highest BCUT2D eigenvalue weighted by Crippen LogP contribution is 2.40. The summed E-state index contributed by atoms with van der Waals surface area (Å²) in [5, 5.41) is 3.88. The maximum atomic E-state index is 6.00. The Morgan fingerprint density at radius 3 is 2.61 bits per heavy atom. The zero-order chi connectivity index (χ0) is 22.9. The van der Waals surface area contributed by atoms with Crippen molar-refractivity contribution in [3.05, 3.63) is 65.7 Å². The minimum absolute atomic E-state index is 0.0907. The number of nitrogens with zero attached hydrogens (tertiary/aromatic N) is 2. The first-order valence-corrected chi connectivity index (χ1v) is 12.1. The highest BCUT2D eigenvalue weighted by Gasteiger charge is 2.24. The number of likely N-dealkylation sites (N-methyl/N-ethyl adjacent to an activating group) is 1. The molecule has 1 aliphatic rings. The van der Waals surface area contributed by atoms with Gasteiger partial charge in [-0.3, -0.25) is 4.90 Å². The summed E-state index contributed by atoms with van der Waals surface area (Å²) in [6, 6.07) is 19.3. The number of hydrogen-bond donors (Lipinski definition) is 0. The van der Waals surface area contributed by atoms with Crippen LogP contribution >= 0.6 is 0 Å². The number of ether oxygens (including phenoxy) is 2. The Kier molecular flexibility index (Phi) is 5.94. The molecule has 1 aromatic heterocycles. The average Bonchev–Trinajstić information content (AvgIpc) is 2.83. The number of fused-ring (bicyclic) bond motifs is 5. The number of pyridine rings is 1. The molecule has 0 spiro atoms. The van der Waals surface area contributed by atoms with E-state index in [2.05, 4.69) is 60.4 Å². The monoisotopic (exact) mass is 440 g/mol. The smallest absolute Gasteiger partial charge is 0.161 e. The van der Waals surface area contributed by atoms with Gasteiger partial charge in [-0.1, -0.05) is 37.3 Å². The number of aromatic nitrogens is 1. The van der Waals surface area contributed by atoms with Crippen molar-refractivity contribution in [3.63, 3.8) is 0 Å². The molecule has 0 N–H and O–H groups in total. The van der Waals surface area contributed by atoms with Crippen LogP contribution in [-0.4, -0.2) is 35.7 Å². The van der Waals surface area contributed by atoms with Gasteiger partial charge in [0, 0.05) is 24.0 Å². The van der Waals surface area contributed by atoms with Crippen LogP contribution in [0.15, 0.2) is 54.6 Å². The second-order valence-corrected chi connectivity index (χ2v) is 8.98. The molecule has 5 rings (SSSR count). The van der Waals surface area contributed by atoms with Crippen molar-refractivity contribution in [3.8, 4) is 22.8 Å². The van der Waals surface area contributed by atoms with Crippen LogP contribution in [0.3, 0.4) is 0 Å². The lowest BCUT2D eigenvalue weighted by molar-refractivity contribution is 0.224. The van der Waals surface area contributed by atoms with Crippen LogP contribution in [0.25, 0.3) is 32.9 Å². The molecule has 2 heterocycles. The van der Waals surface area contributed by atoms with Crippen molar-refractivity contribution in [2.75, 3.05) is 19.7 Å². The van der Waals surface area contributed by atoms with Crippen LogP contribution in [0.1, 0.15) is 38.8 Å². The molecule has 3 aromatic carbocycles. The van der Waals surface area contributed by atoms with Crippen molar-refractivity contribution in [1.29, 1.82) is 0 Å². The molecule has 4 aromatic rings. The quantitative estimate of drug-likeness (QED) is 0.316. The summed E-state index contributed by atoms with van der Waals surface area (Å²) >= 11 is 0. The van der Waals surface area contributed by atoms with Crippen molar-refractivity contribution < 1.29 is 9.47 Å². The molecule has 0 atom stereocenters. The van der Waals surface area contributed by atoms with Gasteiger partial charge >= 0.3 is 0 Å². The van der Waals surface area contributed by atoms with Crippen LogP contribution in [0.2, 0.25) is 0 Å². The van der Waals surface area contributed by atoms with E-state index in [0.717, 1.165) is 54.3 Å². The third kappa shape index (κ3) is 4.04. The lowest BCUT2D eigenvalue weighted by atomic mass is 9.89. The summed E-state index contributed by atoms with van der Waals surface area (Å²) in [6.45, 7) is 11.9. The van der Waals surface area contributed by atoms with Crippen LogP contribution in [0.4, 0.5) is 0 Å². The molecule has 0 aliphatic carbocycles. The number of hydrogen-bond acceptors (Lipinski definition) is 4. The fourth-order valence-electron chi connectivity index (χ4n) is 4.95. The minimum atomic E-state index is 0.0907. The third-order valence-corrected chi connectivity index (χ3v) is 6.48. The fourth-order valence-corrected chi connectivity index (χ4v) is 4.95. The Hall–Kier alpha value is -3.11. The van der Waals surface area contributed by atoms with E-state index in [9.17, 15) is 0 Å². The van der Waals surface area contributed by atoms with E-state index in [1.165, 1.54) is 27.3 Å². The second kappa shape index (κ2) is 9.03. The molecular formula is C29H32N2O2. The predicted octanol–water partition coefficient (Wildman–Crippen LogP) is 6.62. The normalized spacial score (nSPS) is 14.1. The predicted molar refractivity (Wildman–Crippen MR) is 136 cm³/mol. The molecule has 0 bridgehead atoms. The number of benzene rings is 3. The zero-order valence-electron chi connectivity index (χ0n) is 20.0. The Morgan fingerprint density at radius 1 is 0.970 bits per heavy atom. The van der Waals surface area contributed by atoms with Gasteiger partial charge in [-0.25, -0.2) is 4.98 Å². The van der Waals surface area contributed by atoms with E-state index >= 15 is 0 Å². The summed E-state index contributed by atoms with van der Waals surface area (Å²) < 4.78 is 12.0. The maximum absolute atomic E-state index is 6.00. The van der Waals surface area contributed by atoms with E-state index in [-0.39, 0.29) is 6.10 Å². The molecule has 1 aliphatic heterocycles. The topological polar surface area (TPSA) is 34.6 Å². The summed E-state index contributed by atoms with van der Waals surface area (Å²) in [5.41, 5.74) is 5.98. The molecular weight excluding hydrogens is 408 g/mol. The standard InChI is InChI=1S/C29H32N2O2/c1-5-31-16-15-23-24(18-31)29(21-12-14-26(33-19(3)4)27(17-21)32-6-2)30-25-13-11-20-9-7-8-10-22(20)28(23)25/h7-14,17,19H,5-6,15-16,18H2,1-4H3. The second-order valence-electron chi connectivity index (χ2n) is 8.98. The van der Waals surface area contributed by atoms with Crippen LogP contribution < -0.4 is 9.47 Å². The van der Waals surface area contributed by atoms with E-state index in [1.54, 1.807) is 0 Å². The average molecular weight is 441 g/mol. The molecule has 0 saturated carbocycles. The third-order valence-electron chi connectivity index (χ3n) is 6.48. The van der Waals surface area contributed by atoms with Crippen molar-refractivity contribution >= 4 is 21.7 Å².